The van der Waals surface area contributed by atoms with Crippen molar-refractivity contribution in [1.82, 2.24) is 0 Å². The second-order valence-electron chi connectivity index (χ2n) is 2.37. The van der Waals surface area contributed by atoms with E-state index >= 15 is 0 Å². The largest absolute Gasteiger partial charge is 0.481 e. The van der Waals surface area contributed by atoms with Crippen molar-refractivity contribution >= 4 is 17.9 Å². The van der Waals surface area contributed by atoms with E-state index in [1.54, 1.807) is 13.8 Å². The molecule has 0 aromatic rings. The fourth-order valence-electron chi connectivity index (χ4n) is 0.407. The van der Waals surface area contributed by atoms with Gasteiger partial charge >= 0.3 is 11.9 Å². The lowest BCUT2D eigenvalue weighted by molar-refractivity contribution is -0.141. The minimum Gasteiger partial charge on any atom is -0.481 e. The van der Waals surface area contributed by atoms with E-state index in [1.165, 1.54) is 13.8 Å². The van der Waals surface area contributed by atoms with Gasteiger partial charge in [-0.25, -0.2) is 0 Å². The number of hydrogen-bond donors (Lipinski definition) is 1. The summed E-state index contributed by atoms with van der Waals surface area (Å²) in [5, 5.41) is 7.42. The third kappa shape index (κ3) is 83.1. The molecule has 0 atom stereocenters. The molecule has 0 fully saturated rings. The van der Waals surface area contributed by atoms with Gasteiger partial charge in [0.15, 0.2) is 0 Å². The highest BCUT2D eigenvalue weighted by molar-refractivity contribution is 5.66. The van der Waals surface area contributed by atoms with Crippen LogP contribution in [0.4, 0.5) is 0 Å². The Morgan fingerprint density at radius 3 is 1.06 bits per heavy atom. The lowest BCUT2D eigenvalue weighted by Crippen LogP contribution is -1.95. The van der Waals surface area contributed by atoms with Crippen molar-refractivity contribution in [2.75, 3.05) is 13.2 Å². The lowest BCUT2D eigenvalue weighted by Gasteiger charge is -1.89. The molecular formula is C10H20O6. The van der Waals surface area contributed by atoms with Crippen LogP contribution < -0.4 is 0 Å². The van der Waals surface area contributed by atoms with Crippen molar-refractivity contribution in [3.05, 3.63) is 0 Å². The Balaban J connectivity index is -0.000000162. The maximum atomic E-state index is 9.82. The van der Waals surface area contributed by atoms with Crippen LogP contribution in [0.5, 0.6) is 0 Å². The van der Waals surface area contributed by atoms with E-state index in [4.69, 9.17) is 9.90 Å². The van der Waals surface area contributed by atoms with Crippen molar-refractivity contribution in [3.8, 4) is 0 Å². The summed E-state index contributed by atoms with van der Waals surface area (Å²) in [6, 6.07) is 0. The van der Waals surface area contributed by atoms with Gasteiger partial charge in [-0.05, 0) is 13.8 Å². The number of carbonyl (C=O) groups excluding carboxylic acids is 2. The van der Waals surface area contributed by atoms with Crippen LogP contribution in [-0.2, 0) is 23.9 Å². The zero-order chi connectivity index (χ0) is 13.6. The first-order valence-corrected chi connectivity index (χ1v) is 4.74. The molecule has 0 amide bonds. The molecule has 96 valence electrons. The van der Waals surface area contributed by atoms with E-state index in [1.807, 2.05) is 0 Å². The minimum atomic E-state index is -0.833. The number of aliphatic carboxylic acids is 1. The van der Waals surface area contributed by atoms with Crippen molar-refractivity contribution in [2.45, 2.75) is 34.6 Å². The first-order chi connectivity index (χ1) is 7.27. The number of ether oxygens (including phenoxy) is 2. The van der Waals surface area contributed by atoms with Gasteiger partial charge in [0, 0.05) is 20.8 Å². The van der Waals surface area contributed by atoms with E-state index in [0.29, 0.717) is 13.2 Å². The number of esters is 2. The average Bonchev–Trinajstić information content (AvgIpc) is 2.02. The normalized spacial score (nSPS) is 7.31. The molecule has 0 heterocycles. The van der Waals surface area contributed by atoms with Gasteiger partial charge < -0.3 is 14.6 Å². The average molecular weight is 236 g/mol. The molecule has 0 unspecified atom stereocenters. The van der Waals surface area contributed by atoms with Crippen LogP contribution in [0, 0.1) is 0 Å². The molecule has 0 aliphatic carbocycles. The van der Waals surface area contributed by atoms with Gasteiger partial charge in [-0.2, -0.15) is 0 Å². The first-order valence-electron chi connectivity index (χ1n) is 4.74. The summed E-state index contributed by atoms with van der Waals surface area (Å²) in [6.07, 6.45) is 0. The molecule has 0 aliphatic rings. The predicted molar refractivity (Wildman–Crippen MR) is 57.9 cm³/mol. The van der Waals surface area contributed by atoms with Gasteiger partial charge in [-0.1, -0.05) is 0 Å². The number of hydrogen-bond acceptors (Lipinski definition) is 5. The number of rotatable bonds is 2. The van der Waals surface area contributed by atoms with Crippen LogP contribution in [-0.4, -0.2) is 36.2 Å². The fraction of sp³-hybridized carbons (Fsp3) is 0.700. The molecule has 0 saturated carbocycles. The Bertz CT molecular complexity index is 179. The monoisotopic (exact) mass is 236 g/mol. The third-order valence-electron chi connectivity index (χ3n) is 0.695. The SMILES string of the molecule is CC(=O)O.CCOC(C)=O.CCOC(C)=O. The molecule has 0 bridgehead atoms. The summed E-state index contributed by atoms with van der Waals surface area (Å²) in [5.74, 6) is -1.25. The van der Waals surface area contributed by atoms with E-state index in [2.05, 4.69) is 9.47 Å². The molecule has 1 N–H and O–H groups in total. The first kappa shape index (κ1) is 19.9. The van der Waals surface area contributed by atoms with Gasteiger partial charge in [0.05, 0.1) is 13.2 Å². The van der Waals surface area contributed by atoms with Gasteiger partial charge in [-0.3, -0.25) is 14.4 Å². The molecule has 6 heteroatoms. The van der Waals surface area contributed by atoms with Crippen molar-refractivity contribution < 1.29 is 29.0 Å². The van der Waals surface area contributed by atoms with Crippen LogP contribution in [0.1, 0.15) is 34.6 Å². The van der Waals surface area contributed by atoms with Crippen LogP contribution in [0.15, 0.2) is 0 Å². The molecule has 0 aromatic carbocycles. The molecule has 0 aromatic heterocycles. The summed E-state index contributed by atoms with van der Waals surface area (Å²) < 4.78 is 8.81. The number of carbonyl (C=O) groups is 3. The summed E-state index contributed by atoms with van der Waals surface area (Å²) >= 11 is 0. The number of carboxylic acid groups (broad SMARTS) is 1. The Labute approximate surface area is 95.5 Å². The highest BCUT2D eigenvalue weighted by Crippen LogP contribution is 1.70. The molecule has 0 aliphatic heterocycles. The second kappa shape index (κ2) is 15.9. The quantitative estimate of drug-likeness (QED) is 0.725. The Morgan fingerprint density at radius 1 is 0.875 bits per heavy atom. The maximum absolute atomic E-state index is 9.82. The molecule has 0 saturated heterocycles. The summed E-state index contributed by atoms with van der Waals surface area (Å²) in [4.78, 5) is 28.6. The molecule has 0 spiro atoms. The summed E-state index contributed by atoms with van der Waals surface area (Å²) in [5.41, 5.74) is 0. The topological polar surface area (TPSA) is 89.9 Å². The van der Waals surface area contributed by atoms with Gasteiger partial charge in [0.25, 0.3) is 5.97 Å². The van der Waals surface area contributed by atoms with E-state index in [9.17, 15) is 9.59 Å². The van der Waals surface area contributed by atoms with Crippen LogP contribution in [0.2, 0.25) is 0 Å². The Hall–Kier alpha value is -1.59. The summed E-state index contributed by atoms with van der Waals surface area (Å²) in [7, 11) is 0. The molecule has 0 rings (SSSR count). The van der Waals surface area contributed by atoms with Gasteiger partial charge in [0.2, 0.25) is 0 Å². The van der Waals surface area contributed by atoms with Crippen molar-refractivity contribution in [2.24, 2.45) is 0 Å². The van der Waals surface area contributed by atoms with E-state index in [-0.39, 0.29) is 11.9 Å². The molecule has 0 radical (unpaired) electrons. The lowest BCUT2D eigenvalue weighted by atomic mass is 10.8. The van der Waals surface area contributed by atoms with Crippen LogP contribution in [0.25, 0.3) is 0 Å². The zero-order valence-electron chi connectivity index (χ0n) is 10.4. The minimum absolute atomic E-state index is 0.211. The highest BCUT2D eigenvalue weighted by Gasteiger charge is 1.82. The fourth-order valence-corrected chi connectivity index (χ4v) is 0.407. The predicted octanol–water partition coefficient (Wildman–Crippen LogP) is 1.23. The van der Waals surface area contributed by atoms with Crippen molar-refractivity contribution in [3.63, 3.8) is 0 Å². The van der Waals surface area contributed by atoms with Gasteiger partial charge in [0.1, 0.15) is 0 Å². The number of carboxylic acids is 1. The van der Waals surface area contributed by atoms with E-state index in [0.717, 1.165) is 6.92 Å². The third-order valence-corrected chi connectivity index (χ3v) is 0.695. The maximum Gasteiger partial charge on any atom is 0.302 e. The van der Waals surface area contributed by atoms with Gasteiger partial charge in [-0.15, -0.1) is 0 Å². The Kier molecular flexibility index (Phi) is 19.7. The van der Waals surface area contributed by atoms with Crippen LogP contribution in [0.3, 0.4) is 0 Å². The molecule has 6 nitrogen and oxygen atoms in total. The zero-order valence-corrected chi connectivity index (χ0v) is 10.4. The smallest absolute Gasteiger partial charge is 0.302 e. The molecule has 16 heavy (non-hydrogen) atoms. The van der Waals surface area contributed by atoms with E-state index < -0.39 is 5.97 Å². The highest BCUT2D eigenvalue weighted by atomic mass is 16.5. The Morgan fingerprint density at radius 2 is 1.06 bits per heavy atom. The molecular weight excluding hydrogens is 216 g/mol. The van der Waals surface area contributed by atoms with Crippen molar-refractivity contribution in [1.29, 1.82) is 0 Å². The summed E-state index contributed by atoms with van der Waals surface area (Å²) in [6.45, 7) is 8.39. The van der Waals surface area contributed by atoms with Crippen LogP contribution >= 0.6 is 0 Å². The second-order valence-corrected chi connectivity index (χ2v) is 2.37. The standard InChI is InChI=1S/2C4H8O2.C2H4O2/c2*1-3-6-4(2)5;1-2(3)4/h2*3H2,1-2H3;1H3,(H,3,4).